The van der Waals surface area contributed by atoms with Crippen LogP contribution in [0.3, 0.4) is 0 Å². The molecule has 3 rings (SSSR count). The number of morpholine rings is 1. The van der Waals surface area contributed by atoms with Gasteiger partial charge in [0, 0.05) is 32.5 Å². The molecule has 2 heterocycles. The molecule has 3 fully saturated rings. The van der Waals surface area contributed by atoms with Crippen molar-refractivity contribution < 1.29 is 14.2 Å². The molecule has 3 aliphatic rings. The van der Waals surface area contributed by atoms with Crippen LogP contribution in [0, 0.1) is 5.92 Å². The summed E-state index contributed by atoms with van der Waals surface area (Å²) in [5.74, 6) is 0.948. The molecule has 0 bridgehead atoms. The third-order valence-corrected chi connectivity index (χ3v) is 5.48. The van der Waals surface area contributed by atoms with Crippen LogP contribution in [-0.2, 0) is 14.2 Å². The molecule has 1 atom stereocenters. The molecule has 1 unspecified atom stereocenters. The summed E-state index contributed by atoms with van der Waals surface area (Å²) in [6.45, 7) is 9.17. The highest BCUT2D eigenvalue weighted by Gasteiger charge is 2.43. The summed E-state index contributed by atoms with van der Waals surface area (Å²) in [6, 6.07) is 0. The first-order chi connectivity index (χ1) is 12.2. The maximum absolute atomic E-state index is 6.16. The minimum absolute atomic E-state index is 0.0297. The van der Waals surface area contributed by atoms with Crippen LogP contribution in [0.25, 0.3) is 0 Å². The zero-order valence-corrected chi connectivity index (χ0v) is 15.5. The van der Waals surface area contributed by atoms with Crippen molar-refractivity contribution in [3.05, 3.63) is 0 Å². The fourth-order valence-corrected chi connectivity index (χ4v) is 3.77. The van der Waals surface area contributed by atoms with Crippen molar-refractivity contribution >= 4 is 5.96 Å². The molecule has 1 aliphatic carbocycles. The van der Waals surface area contributed by atoms with Gasteiger partial charge in [0.2, 0.25) is 0 Å². The summed E-state index contributed by atoms with van der Waals surface area (Å²) in [5, 5.41) is 3.20. The van der Waals surface area contributed by atoms with Crippen LogP contribution < -0.4 is 11.1 Å². The van der Waals surface area contributed by atoms with E-state index in [0.29, 0.717) is 19.1 Å². The Labute approximate surface area is 151 Å². The van der Waals surface area contributed by atoms with Crippen molar-refractivity contribution in [2.24, 2.45) is 16.6 Å². The molecule has 2 saturated heterocycles. The highest BCUT2D eigenvalue weighted by Crippen LogP contribution is 2.39. The Bertz CT molecular complexity index is 432. The van der Waals surface area contributed by atoms with Gasteiger partial charge >= 0.3 is 0 Å². The van der Waals surface area contributed by atoms with Crippen LogP contribution in [0.1, 0.15) is 39.0 Å². The van der Waals surface area contributed by atoms with Crippen LogP contribution in [0.4, 0.5) is 0 Å². The second-order valence-electron chi connectivity index (χ2n) is 7.60. The number of nitrogens with two attached hydrogens (primary N) is 1. The fraction of sp³-hybridized carbons (Fsp3) is 0.944. The minimum Gasteiger partial charge on any atom is -0.379 e. The van der Waals surface area contributed by atoms with Gasteiger partial charge in [-0.25, -0.2) is 0 Å². The Morgan fingerprint density at radius 3 is 2.80 bits per heavy atom. The maximum Gasteiger partial charge on any atom is 0.188 e. The number of rotatable bonds is 6. The molecule has 144 valence electrons. The van der Waals surface area contributed by atoms with E-state index in [9.17, 15) is 0 Å². The van der Waals surface area contributed by atoms with Gasteiger partial charge < -0.3 is 25.3 Å². The molecule has 0 aromatic heterocycles. The number of aliphatic imine (C=N–C) groups is 1. The van der Waals surface area contributed by atoms with Gasteiger partial charge in [0.25, 0.3) is 0 Å². The standard InChI is InChI=1S/C18H34N4O3/c1-15-3-5-18(6-4-15)24-14-16(25-18)13-21-17(19)20-7-2-8-22-9-11-23-12-10-22/h15-16H,2-14H2,1H3,(H3,19,20,21). The lowest BCUT2D eigenvalue weighted by atomic mass is 9.86. The summed E-state index contributed by atoms with van der Waals surface area (Å²) in [5.41, 5.74) is 5.97. The summed E-state index contributed by atoms with van der Waals surface area (Å²) in [6.07, 6.45) is 5.46. The number of nitrogens with one attached hydrogen (secondary N) is 1. The predicted octanol–water partition coefficient (Wildman–Crippen LogP) is 0.935. The van der Waals surface area contributed by atoms with Gasteiger partial charge in [-0.05, 0) is 31.7 Å². The second-order valence-corrected chi connectivity index (χ2v) is 7.60. The van der Waals surface area contributed by atoms with Gasteiger partial charge in [-0.3, -0.25) is 9.89 Å². The molecule has 1 saturated carbocycles. The van der Waals surface area contributed by atoms with Crippen molar-refractivity contribution in [1.29, 1.82) is 0 Å². The second kappa shape index (κ2) is 9.16. The number of hydrogen-bond donors (Lipinski definition) is 2. The van der Waals surface area contributed by atoms with E-state index in [2.05, 4.69) is 22.1 Å². The summed E-state index contributed by atoms with van der Waals surface area (Å²) >= 11 is 0. The largest absolute Gasteiger partial charge is 0.379 e. The van der Waals surface area contributed by atoms with E-state index in [-0.39, 0.29) is 11.9 Å². The van der Waals surface area contributed by atoms with E-state index in [1.807, 2.05) is 0 Å². The van der Waals surface area contributed by atoms with Gasteiger partial charge in [0.1, 0.15) is 6.10 Å². The first-order valence-electron chi connectivity index (χ1n) is 9.81. The lowest BCUT2D eigenvalue weighted by Gasteiger charge is -2.34. The number of ether oxygens (including phenoxy) is 3. The first kappa shape index (κ1) is 18.9. The molecular formula is C18H34N4O3. The van der Waals surface area contributed by atoms with Crippen LogP contribution in [0.5, 0.6) is 0 Å². The smallest absolute Gasteiger partial charge is 0.188 e. The van der Waals surface area contributed by atoms with Crippen molar-refractivity contribution in [2.45, 2.75) is 50.9 Å². The average Bonchev–Trinajstić information content (AvgIpc) is 3.04. The van der Waals surface area contributed by atoms with E-state index in [1.54, 1.807) is 0 Å². The third-order valence-electron chi connectivity index (χ3n) is 5.48. The van der Waals surface area contributed by atoms with Gasteiger partial charge in [0.05, 0.1) is 26.4 Å². The number of guanidine groups is 1. The van der Waals surface area contributed by atoms with E-state index < -0.39 is 0 Å². The molecule has 2 aliphatic heterocycles. The topological polar surface area (TPSA) is 81.3 Å². The lowest BCUT2D eigenvalue weighted by molar-refractivity contribution is -0.190. The molecule has 0 aromatic carbocycles. The average molecular weight is 354 g/mol. The third kappa shape index (κ3) is 5.81. The van der Waals surface area contributed by atoms with E-state index in [1.165, 1.54) is 12.8 Å². The summed E-state index contributed by atoms with van der Waals surface area (Å²) < 4.78 is 17.5. The lowest BCUT2D eigenvalue weighted by Crippen LogP contribution is -2.39. The molecule has 0 amide bonds. The zero-order valence-electron chi connectivity index (χ0n) is 15.5. The monoisotopic (exact) mass is 354 g/mol. The van der Waals surface area contributed by atoms with E-state index >= 15 is 0 Å². The highest BCUT2D eigenvalue weighted by molar-refractivity contribution is 5.77. The molecule has 25 heavy (non-hydrogen) atoms. The van der Waals surface area contributed by atoms with Crippen molar-refractivity contribution in [3.63, 3.8) is 0 Å². The molecule has 7 heteroatoms. The first-order valence-corrected chi connectivity index (χ1v) is 9.81. The van der Waals surface area contributed by atoms with Gasteiger partial charge in [0.15, 0.2) is 11.7 Å². The Balaban J connectivity index is 1.29. The molecule has 3 N–H and O–H groups in total. The SMILES string of the molecule is CC1CCC2(CC1)OCC(CN=C(N)NCCCN1CCOCC1)O2. The predicted molar refractivity (Wildman–Crippen MR) is 97.6 cm³/mol. The van der Waals surface area contributed by atoms with Crippen molar-refractivity contribution in [2.75, 3.05) is 52.5 Å². The van der Waals surface area contributed by atoms with E-state index in [4.69, 9.17) is 19.9 Å². The normalized spacial score (nSPS) is 34.5. The Morgan fingerprint density at radius 2 is 2.04 bits per heavy atom. The molecule has 7 nitrogen and oxygen atoms in total. The Morgan fingerprint density at radius 1 is 1.28 bits per heavy atom. The van der Waals surface area contributed by atoms with Gasteiger partial charge in [-0.1, -0.05) is 6.92 Å². The molecular weight excluding hydrogens is 320 g/mol. The highest BCUT2D eigenvalue weighted by atomic mass is 16.7. The molecule has 0 aromatic rings. The van der Waals surface area contributed by atoms with Crippen LogP contribution in [-0.4, -0.2) is 75.3 Å². The van der Waals surface area contributed by atoms with Crippen molar-refractivity contribution in [3.8, 4) is 0 Å². The zero-order chi connectivity index (χ0) is 17.5. The minimum atomic E-state index is -0.340. The van der Waals surface area contributed by atoms with Crippen LogP contribution >= 0.6 is 0 Å². The fourth-order valence-electron chi connectivity index (χ4n) is 3.77. The Kier molecular flexibility index (Phi) is 6.92. The number of nitrogens with zero attached hydrogens (tertiary/aromatic N) is 2. The Hall–Kier alpha value is -0.890. The maximum atomic E-state index is 6.16. The van der Waals surface area contributed by atoms with Gasteiger partial charge in [-0.2, -0.15) is 0 Å². The quantitative estimate of drug-likeness (QED) is 0.420. The number of hydrogen-bond acceptors (Lipinski definition) is 5. The summed E-state index contributed by atoms with van der Waals surface area (Å²) in [4.78, 5) is 6.85. The van der Waals surface area contributed by atoms with E-state index in [0.717, 1.165) is 64.6 Å². The molecule has 1 spiro atoms. The summed E-state index contributed by atoms with van der Waals surface area (Å²) in [7, 11) is 0. The van der Waals surface area contributed by atoms with Gasteiger partial charge in [-0.15, -0.1) is 0 Å². The van der Waals surface area contributed by atoms with Crippen LogP contribution in [0.15, 0.2) is 4.99 Å². The van der Waals surface area contributed by atoms with Crippen molar-refractivity contribution in [1.82, 2.24) is 10.2 Å². The van der Waals surface area contributed by atoms with Crippen LogP contribution in [0.2, 0.25) is 0 Å². The molecule has 0 radical (unpaired) electrons.